The van der Waals surface area contributed by atoms with Gasteiger partial charge in [0.15, 0.2) is 11.5 Å². The Kier molecular flexibility index (Phi) is 6.14. The molecule has 3 aromatic rings. The summed E-state index contributed by atoms with van der Waals surface area (Å²) in [6, 6.07) is 19.6. The lowest BCUT2D eigenvalue weighted by Crippen LogP contribution is -2.30. The molecule has 0 aromatic heterocycles. The highest BCUT2D eigenvalue weighted by Gasteiger charge is 2.34. The summed E-state index contributed by atoms with van der Waals surface area (Å²) in [6.45, 7) is 2.35. The first kappa shape index (κ1) is 21.5. The van der Waals surface area contributed by atoms with E-state index in [1.54, 1.807) is 42.5 Å². The van der Waals surface area contributed by atoms with E-state index in [0.717, 1.165) is 10.5 Å². The Hall–Kier alpha value is -3.77. The first-order valence-corrected chi connectivity index (χ1v) is 10.3. The molecule has 162 valence electrons. The van der Waals surface area contributed by atoms with Crippen molar-refractivity contribution >= 4 is 35.3 Å². The summed E-state index contributed by atoms with van der Waals surface area (Å²) >= 11 is 6.46. The Bertz CT molecular complexity index is 1190. The Morgan fingerprint density at radius 1 is 1.03 bits per heavy atom. The van der Waals surface area contributed by atoms with Crippen LogP contribution >= 0.6 is 11.6 Å². The number of nitrogens with one attached hydrogen (secondary N) is 1. The van der Waals surface area contributed by atoms with E-state index < -0.39 is 11.9 Å². The lowest BCUT2D eigenvalue weighted by atomic mass is 10.1. The van der Waals surface area contributed by atoms with Crippen molar-refractivity contribution in [2.24, 2.45) is 0 Å². The number of para-hydroxylation sites is 1. The third-order valence-electron chi connectivity index (χ3n) is 4.96. The van der Waals surface area contributed by atoms with Gasteiger partial charge in [-0.05, 0) is 48.4 Å². The minimum atomic E-state index is -0.511. The Labute approximate surface area is 191 Å². The van der Waals surface area contributed by atoms with Gasteiger partial charge in [-0.25, -0.2) is 9.69 Å². The molecule has 1 fully saturated rings. The second-order valence-electron chi connectivity index (χ2n) is 7.27. The number of hydrogen-bond acceptors (Lipinski definition) is 4. The molecule has 4 rings (SSSR count). The van der Waals surface area contributed by atoms with Gasteiger partial charge in [0.2, 0.25) is 0 Å². The zero-order valence-corrected chi connectivity index (χ0v) is 18.3. The molecule has 0 atom stereocenters. The molecule has 7 heteroatoms. The number of amides is 3. The highest BCUT2D eigenvalue weighted by molar-refractivity contribution is 6.32. The number of imide groups is 1. The molecule has 0 radical (unpaired) electrons. The van der Waals surface area contributed by atoms with Crippen LogP contribution in [0.4, 0.5) is 10.5 Å². The third kappa shape index (κ3) is 4.45. The lowest BCUT2D eigenvalue weighted by Gasteiger charge is -2.14. The van der Waals surface area contributed by atoms with Gasteiger partial charge in [0.25, 0.3) is 5.91 Å². The van der Waals surface area contributed by atoms with E-state index in [1.165, 1.54) is 12.7 Å². The molecule has 1 aliphatic rings. The van der Waals surface area contributed by atoms with Gasteiger partial charge < -0.3 is 14.8 Å². The van der Waals surface area contributed by atoms with Gasteiger partial charge in [-0.15, -0.1) is 0 Å². The van der Waals surface area contributed by atoms with Crippen molar-refractivity contribution in [3.8, 4) is 11.5 Å². The van der Waals surface area contributed by atoms with Crippen LogP contribution in [0.2, 0.25) is 5.02 Å². The van der Waals surface area contributed by atoms with E-state index in [1.807, 2.05) is 37.3 Å². The van der Waals surface area contributed by atoms with Crippen molar-refractivity contribution in [1.82, 2.24) is 5.32 Å². The van der Waals surface area contributed by atoms with E-state index in [4.69, 9.17) is 21.1 Å². The maximum absolute atomic E-state index is 12.8. The summed E-state index contributed by atoms with van der Waals surface area (Å²) in [5.74, 6) is 0.383. The van der Waals surface area contributed by atoms with Crippen LogP contribution in [0.25, 0.3) is 6.08 Å². The summed E-state index contributed by atoms with van der Waals surface area (Å²) in [6.07, 6.45) is 1.56. The summed E-state index contributed by atoms with van der Waals surface area (Å²) in [5.41, 5.74) is 3.40. The van der Waals surface area contributed by atoms with E-state index >= 15 is 0 Å². The Morgan fingerprint density at radius 2 is 1.75 bits per heavy atom. The van der Waals surface area contributed by atoms with Crippen molar-refractivity contribution in [2.45, 2.75) is 13.5 Å². The van der Waals surface area contributed by atoms with Gasteiger partial charge in [-0.2, -0.15) is 0 Å². The van der Waals surface area contributed by atoms with Crippen LogP contribution in [-0.4, -0.2) is 19.0 Å². The molecule has 1 N–H and O–H groups in total. The quantitative estimate of drug-likeness (QED) is 0.408. The number of halogens is 1. The molecule has 32 heavy (non-hydrogen) atoms. The first-order chi connectivity index (χ1) is 15.5. The van der Waals surface area contributed by atoms with Gasteiger partial charge in [0, 0.05) is 0 Å². The van der Waals surface area contributed by atoms with Gasteiger partial charge in [-0.3, -0.25) is 4.79 Å². The predicted molar refractivity (Wildman–Crippen MR) is 124 cm³/mol. The second kappa shape index (κ2) is 9.16. The topological polar surface area (TPSA) is 67.9 Å². The molecule has 0 bridgehead atoms. The van der Waals surface area contributed by atoms with Crippen molar-refractivity contribution in [3.63, 3.8) is 0 Å². The smallest absolute Gasteiger partial charge is 0.333 e. The Balaban J connectivity index is 1.57. The van der Waals surface area contributed by atoms with Crippen LogP contribution in [0.5, 0.6) is 11.5 Å². The van der Waals surface area contributed by atoms with Crippen LogP contribution < -0.4 is 19.7 Å². The van der Waals surface area contributed by atoms with Gasteiger partial charge in [0.05, 0.1) is 17.8 Å². The number of nitrogens with zero attached hydrogens (tertiary/aromatic N) is 1. The van der Waals surface area contributed by atoms with Gasteiger partial charge in [-0.1, -0.05) is 59.6 Å². The van der Waals surface area contributed by atoms with E-state index in [0.29, 0.717) is 34.4 Å². The molecule has 1 saturated heterocycles. The summed E-state index contributed by atoms with van der Waals surface area (Å²) in [7, 11) is 1.51. The number of carbonyl (C=O) groups excluding carboxylic acids is 2. The van der Waals surface area contributed by atoms with Crippen LogP contribution in [0.1, 0.15) is 16.7 Å². The number of ether oxygens (including phenoxy) is 2. The number of hydrogen-bond donors (Lipinski definition) is 1. The largest absolute Gasteiger partial charge is 0.493 e. The predicted octanol–water partition coefficient (Wildman–Crippen LogP) is 5.33. The molecule has 0 saturated carbocycles. The fourth-order valence-corrected chi connectivity index (χ4v) is 3.59. The number of benzene rings is 3. The number of urea groups is 1. The van der Waals surface area contributed by atoms with Crippen molar-refractivity contribution in [1.29, 1.82) is 0 Å². The van der Waals surface area contributed by atoms with Gasteiger partial charge >= 0.3 is 6.03 Å². The van der Waals surface area contributed by atoms with E-state index in [9.17, 15) is 9.59 Å². The first-order valence-electron chi connectivity index (χ1n) is 9.94. The third-order valence-corrected chi connectivity index (χ3v) is 5.24. The lowest BCUT2D eigenvalue weighted by molar-refractivity contribution is -0.113. The number of methoxy groups -OCH3 is 1. The molecule has 0 aliphatic carbocycles. The molecule has 1 aliphatic heterocycles. The van der Waals surface area contributed by atoms with Crippen LogP contribution in [0.15, 0.2) is 72.4 Å². The molecular weight excluding hydrogens is 428 g/mol. The minimum absolute atomic E-state index is 0.144. The zero-order chi connectivity index (χ0) is 22.7. The average molecular weight is 449 g/mol. The normalized spacial score (nSPS) is 14.6. The zero-order valence-electron chi connectivity index (χ0n) is 17.6. The van der Waals surface area contributed by atoms with Crippen LogP contribution in [-0.2, 0) is 11.4 Å². The highest BCUT2D eigenvalue weighted by atomic mass is 35.5. The van der Waals surface area contributed by atoms with Crippen molar-refractivity contribution in [2.75, 3.05) is 12.0 Å². The molecule has 6 nitrogen and oxygen atoms in total. The maximum atomic E-state index is 12.8. The minimum Gasteiger partial charge on any atom is -0.493 e. The van der Waals surface area contributed by atoms with E-state index in [2.05, 4.69) is 5.32 Å². The average Bonchev–Trinajstić information content (AvgIpc) is 3.07. The Morgan fingerprint density at radius 3 is 2.44 bits per heavy atom. The molecular formula is C25H21ClN2O4. The molecule has 0 spiro atoms. The monoisotopic (exact) mass is 448 g/mol. The number of rotatable bonds is 6. The summed E-state index contributed by atoms with van der Waals surface area (Å²) in [5, 5.41) is 2.94. The van der Waals surface area contributed by atoms with Crippen LogP contribution in [0, 0.1) is 6.92 Å². The number of aryl methyl sites for hydroxylation is 1. The van der Waals surface area contributed by atoms with Crippen LogP contribution in [0.3, 0.4) is 0 Å². The summed E-state index contributed by atoms with van der Waals surface area (Å²) < 4.78 is 11.4. The highest BCUT2D eigenvalue weighted by Crippen LogP contribution is 2.37. The molecule has 0 unspecified atom stereocenters. The van der Waals surface area contributed by atoms with E-state index in [-0.39, 0.29) is 5.70 Å². The fraction of sp³-hybridized carbons (Fsp3) is 0.120. The second-order valence-corrected chi connectivity index (χ2v) is 7.68. The molecule has 3 aromatic carbocycles. The van der Waals surface area contributed by atoms with Crippen molar-refractivity contribution < 1.29 is 19.1 Å². The SMILES string of the molecule is COc1cc(/C=C2/NC(=O)N(c3ccccc3)C2=O)cc(Cl)c1OCc1ccc(C)cc1. The molecule has 3 amide bonds. The van der Waals surface area contributed by atoms with Crippen molar-refractivity contribution in [3.05, 3.63) is 94.1 Å². The molecule has 1 heterocycles. The fourth-order valence-electron chi connectivity index (χ4n) is 3.32. The summed E-state index contributed by atoms with van der Waals surface area (Å²) in [4.78, 5) is 26.2. The van der Waals surface area contributed by atoms with Gasteiger partial charge in [0.1, 0.15) is 12.3 Å². The maximum Gasteiger partial charge on any atom is 0.333 e. The number of anilines is 1. The standard InChI is InChI=1S/C25H21ClN2O4/c1-16-8-10-17(11-9-16)15-32-23-20(26)12-18(14-22(23)31-2)13-21-24(29)28(25(30)27-21)19-6-4-3-5-7-19/h3-14H,15H2,1-2H3,(H,27,30)/b21-13+. The number of carbonyl (C=O) groups is 2.